The second-order valence-corrected chi connectivity index (χ2v) is 8.28. The normalized spacial score (nSPS) is 23.9. The molecule has 0 unspecified atom stereocenters. The van der Waals surface area contributed by atoms with Crippen LogP contribution in [0.1, 0.15) is 43.4 Å². The number of hydrogen-bond acceptors (Lipinski definition) is 5. The largest absolute Gasteiger partial charge is 0.357 e. The van der Waals surface area contributed by atoms with Crippen LogP contribution in [-0.4, -0.2) is 32.3 Å². The molecule has 1 aliphatic carbocycles. The van der Waals surface area contributed by atoms with E-state index in [1.54, 1.807) is 18.3 Å². The summed E-state index contributed by atoms with van der Waals surface area (Å²) in [6.45, 7) is 0.777. The Hall–Kier alpha value is -2.22. The van der Waals surface area contributed by atoms with Crippen molar-refractivity contribution in [3.8, 4) is 0 Å². The standard InChI is InChI=1S/C20H19Cl2N5O2/c21-16-5-11-6-17(23-9-15(11)19(22)25-16)26-20(28)14-7-13(14)12-8-24-27(10-12)18-3-1-2-4-29-18/h5-6,8-10,13-14,18H,1-4,7H2,(H,23,26,28)/t13-,14+,18+/m0/s1. The maximum absolute atomic E-state index is 12.7. The first kappa shape index (κ1) is 18.8. The predicted molar refractivity (Wildman–Crippen MR) is 110 cm³/mol. The van der Waals surface area contributed by atoms with Gasteiger partial charge in [-0.25, -0.2) is 14.6 Å². The van der Waals surface area contributed by atoms with Gasteiger partial charge in [-0.1, -0.05) is 23.2 Å². The van der Waals surface area contributed by atoms with Crippen LogP contribution in [-0.2, 0) is 9.53 Å². The Morgan fingerprint density at radius 2 is 2.14 bits per heavy atom. The summed E-state index contributed by atoms with van der Waals surface area (Å²) in [7, 11) is 0. The average Bonchev–Trinajstić information content (AvgIpc) is 3.37. The smallest absolute Gasteiger partial charge is 0.229 e. The molecular formula is C20H19Cl2N5O2. The maximum atomic E-state index is 12.7. The van der Waals surface area contributed by atoms with E-state index in [1.807, 2.05) is 17.1 Å². The van der Waals surface area contributed by atoms with E-state index in [9.17, 15) is 4.79 Å². The molecule has 0 spiro atoms. The van der Waals surface area contributed by atoms with E-state index >= 15 is 0 Å². The van der Waals surface area contributed by atoms with Crippen LogP contribution in [0.4, 0.5) is 5.82 Å². The topological polar surface area (TPSA) is 81.9 Å². The summed E-state index contributed by atoms with van der Waals surface area (Å²) < 4.78 is 7.66. The molecule has 1 amide bonds. The third-order valence-electron chi connectivity index (χ3n) is 5.52. The average molecular weight is 432 g/mol. The fourth-order valence-corrected chi connectivity index (χ4v) is 4.35. The minimum atomic E-state index is -0.0814. The first-order valence-corrected chi connectivity index (χ1v) is 10.4. The van der Waals surface area contributed by atoms with Crippen molar-refractivity contribution in [3.05, 3.63) is 46.6 Å². The second kappa shape index (κ2) is 7.55. The third kappa shape index (κ3) is 3.82. The van der Waals surface area contributed by atoms with E-state index in [0.29, 0.717) is 21.5 Å². The summed E-state index contributed by atoms with van der Waals surface area (Å²) >= 11 is 12.1. The zero-order valence-corrected chi connectivity index (χ0v) is 17.0. The monoisotopic (exact) mass is 431 g/mol. The Labute approximate surface area is 177 Å². The lowest BCUT2D eigenvalue weighted by Crippen LogP contribution is -2.18. The molecule has 2 fully saturated rings. The Morgan fingerprint density at radius 3 is 2.97 bits per heavy atom. The van der Waals surface area contributed by atoms with Gasteiger partial charge in [-0.3, -0.25) is 4.79 Å². The number of carbonyl (C=O) groups is 1. The van der Waals surface area contributed by atoms with E-state index < -0.39 is 0 Å². The van der Waals surface area contributed by atoms with E-state index in [1.165, 1.54) is 0 Å². The number of rotatable bonds is 4. The number of amides is 1. The number of halogens is 2. The van der Waals surface area contributed by atoms with Gasteiger partial charge in [0.2, 0.25) is 5.91 Å². The molecule has 150 valence electrons. The lowest BCUT2D eigenvalue weighted by molar-refractivity contribution is -0.117. The molecule has 9 heteroatoms. The van der Waals surface area contributed by atoms with Crippen LogP contribution in [0, 0.1) is 5.92 Å². The Morgan fingerprint density at radius 1 is 1.24 bits per heavy atom. The van der Waals surface area contributed by atoms with Crippen LogP contribution in [0.2, 0.25) is 10.3 Å². The minimum Gasteiger partial charge on any atom is -0.357 e. The van der Waals surface area contributed by atoms with Gasteiger partial charge in [0.05, 0.1) is 6.20 Å². The summed E-state index contributed by atoms with van der Waals surface area (Å²) in [6, 6.07) is 3.45. The van der Waals surface area contributed by atoms with Gasteiger partial charge >= 0.3 is 0 Å². The highest BCUT2D eigenvalue weighted by Crippen LogP contribution is 2.48. The number of fused-ring (bicyclic) bond motifs is 1. The summed E-state index contributed by atoms with van der Waals surface area (Å²) in [6.07, 6.45) is 9.51. The molecule has 1 saturated heterocycles. The number of pyridine rings is 2. The van der Waals surface area contributed by atoms with Crippen molar-refractivity contribution < 1.29 is 9.53 Å². The summed E-state index contributed by atoms with van der Waals surface area (Å²) in [5.41, 5.74) is 1.08. The number of anilines is 1. The lowest BCUT2D eigenvalue weighted by atomic mass is 10.2. The molecule has 3 atom stereocenters. The first-order chi connectivity index (χ1) is 14.1. The SMILES string of the molecule is O=C(Nc1cc2cc(Cl)nc(Cl)c2cn1)[C@@H]1C[C@H]1c1cnn([C@H]2CCCCO2)c1. The molecule has 7 nitrogen and oxygen atoms in total. The zero-order chi connectivity index (χ0) is 20.0. The second-order valence-electron chi connectivity index (χ2n) is 7.54. The molecule has 29 heavy (non-hydrogen) atoms. The number of ether oxygens (including phenoxy) is 1. The summed E-state index contributed by atoms with van der Waals surface area (Å²) in [4.78, 5) is 20.9. The van der Waals surface area contributed by atoms with E-state index in [4.69, 9.17) is 27.9 Å². The van der Waals surface area contributed by atoms with Gasteiger partial charge in [-0.2, -0.15) is 5.10 Å². The third-order valence-corrected chi connectivity index (χ3v) is 6.00. The van der Waals surface area contributed by atoms with Crippen LogP contribution in [0.15, 0.2) is 30.7 Å². The number of hydrogen-bond donors (Lipinski definition) is 1. The van der Waals surface area contributed by atoms with Crippen molar-refractivity contribution in [1.82, 2.24) is 19.7 Å². The van der Waals surface area contributed by atoms with Crippen LogP contribution < -0.4 is 5.32 Å². The Balaban J connectivity index is 1.26. The molecule has 0 bridgehead atoms. The minimum absolute atomic E-state index is 0.0125. The van der Waals surface area contributed by atoms with Crippen LogP contribution in [0.3, 0.4) is 0 Å². The number of aromatic nitrogens is 4. The van der Waals surface area contributed by atoms with Crippen molar-refractivity contribution in [2.45, 2.75) is 37.8 Å². The van der Waals surface area contributed by atoms with Crippen molar-refractivity contribution in [3.63, 3.8) is 0 Å². The zero-order valence-electron chi connectivity index (χ0n) is 15.5. The Bertz CT molecular complexity index is 1080. The highest BCUT2D eigenvalue weighted by atomic mass is 35.5. The lowest BCUT2D eigenvalue weighted by Gasteiger charge is -2.22. The van der Waals surface area contributed by atoms with Crippen molar-refractivity contribution in [1.29, 1.82) is 0 Å². The van der Waals surface area contributed by atoms with Gasteiger partial charge in [0.15, 0.2) is 0 Å². The number of nitrogens with one attached hydrogen (secondary N) is 1. The van der Waals surface area contributed by atoms with Crippen molar-refractivity contribution >= 4 is 45.7 Å². The molecule has 2 aliphatic rings. The van der Waals surface area contributed by atoms with Crippen LogP contribution >= 0.6 is 23.2 Å². The molecule has 0 radical (unpaired) electrons. The van der Waals surface area contributed by atoms with Gasteiger partial charge in [0.1, 0.15) is 22.4 Å². The van der Waals surface area contributed by atoms with Gasteiger partial charge in [-0.05, 0) is 54.7 Å². The van der Waals surface area contributed by atoms with Gasteiger partial charge in [0, 0.05) is 30.3 Å². The molecule has 1 N–H and O–H groups in total. The molecule has 0 aromatic carbocycles. The molecule has 4 heterocycles. The maximum Gasteiger partial charge on any atom is 0.229 e. The molecule has 1 saturated carbocycles. The van der Waals surface area contributed by atoms with Crippen molar-refractivity contribution in [2.24, 2.45) is 5.92 Å². The molecule has 1 aliphatic heterocycles. The van der Waals surface area contributed by atoms with Gasteiger partial charge in [-0.15, -0.1) is 0 Å². The first-order valence-electron chi connectivity index (χ1n) is 9.67. The van der Waals surface area contributed by atoms with Crippen molar-refractivity contribution in [2.75, 3.05) is 11.9 Å². The van der Waals surface area contributed by atoms with E-state index in [2.05, 4.69) is 20.4 Å². The molecule has 5 rings (SSSR count). The van der Waals surface area contributed by atoms with Gasteiger partial charge < -0.3 is 10.1 Å². The fraction of sp³-hybridized carbons (Fsp3) is 0.400. The quantitative estimate of drug-likeness (QED) is 0.611. The van der Waals surface area contributed by atoms with Gasteiger partial charge in [0.25, 0.3) is 0 Å². The number of carbonyl (C=O) groups excluding carboxylic acids is 1. The fourth-order valence-electron chi connectivity index (χ4n) is 3.85. The summed E-state index contributed by atoms with van der Waals surface area (Å²) in [5, 5.41) is 9.40. The molecule has 3 aromatic rings. The number of nitrogens with zero attached hydrogens (tertiary/aromatic N) is 4. The molecular weight excluding hydrogens is 413 g/mol. The van der Waals surface area contributed by atoms with E-state index in [-0.39, 0.29) is 24.0 Å². The van der Waals surface area contributed by atoms with Crippen LogP contribution in [0.25, 0.3) is 10.8 Å². The highest BCUT2D eigenvalue weighted by molar-refractivity contribution is 6.36. The van der Waals surface area contributed by atoms with E-state index in [0.717, 1.165) is 43.2 Å². The Kier molecular flexibility index (Phi) is 4.89. The summed E-state index contributed by atoms with van der Waals surface area (Å²) in [5.74, 6) is 0.524. The molecule has 3 aromatic heterocycles. The van der Waals surface area contributed by atoms with Crippen LogP contribution in [0.5, 0.6) is 0 Å². The predicted octanol–water partition coefficient (Wildman–Crippen LogP) is 4.57. The highest BCUT2D eigenvalue weighted by Gasteiger charge is 2.45.